The molecule has 0 aliphatic heterocycles. The van der Waals surface area contributed by atoms with Gasteiger partial charge in [-0.05, 0) is 0 Å². The lowest BCUT2D eigenvalue weighted by Gasteiger charge is -1.55. The van der Waals surface area contributed by atoms with Crippen LogP contribution in [0, 0.1) is 0 Å². The third-order valence-corrected chi connectivity index (χ3v) is 0. The van der Waals surface area contributed by atoms with E-state index in [9.17, 15) is 0 Å². The van der Waals surface area contributed by atoms with E-state index in [1.807, 2.05) is 0 Å². The van der Waals surface area contributed by atoms with E-state index >= 15 is 0 Å². The summed E-state index contributed by atoms with van der Waals surface area (Å²) >= 11 is 9.58. The Balaban J connectivity index is 0. The maximum Gasteiger partial charge on any atom is 0.761 e. The van der Waals surface area contributed by atoms with Crippen LogP contribution in [0.15, 0.2) is 0 Å². The molecule has 0 bridgehead atoms. The predicted molar refractivity (Wildman–Crippen MR) is 28.3 cm³/mol. The molecule has 0 aliphatic carbocycles. The van der Waals surface area contributed by atoms with Crippen LogP contribution in [0.1, 0.15) is 0 Å². The Labute approximate surface area is 54.0 Å². The van der Waals surface area contributed by atoms with Gasteiger partial charge in [0, 0.05) is 0 Å². The molecule has 0 atom stereocenters. The molecule has 0 rings (SSSR count). The van der Waals surface area contributed by atoms with Gasteiger partial charge in [-0.2, -0.15) is 0 Å². The normalized spacial score (nSPS) is 6.00. The first-order valence-electron chi connectivity index (χ1n) is 1.03. The molecule has 0 heterocycles. The lowest BCUT2D eigenvalue weighted by atomic mass is 15.8. The van der Waals surface area contributed by atoms with Gasteiger partial charge in [-0.3, -0.25) is 4.46 Å². The average molecular weight is 177 g/mol. The highest BCUT2D eigenvalue weighted by Crippen LogP contribution is 1.67. The van der Waals surface area contributed by atoms with Crippen LogP contribution >= 0.6 is 22.2 Å². The molecular formula is H2Cl2O3Si2. The summed E-state index contributed by atoms with van der Waals surface area (Å²) < 4.78 is 8.74. The van der Waals surface area contributed by atoms with Crippen LogP contribution in [0.4, 0.5) is 0 Å². The Hall–Kier alpha value is 0.414. The molecule has 7 heteroatoms. The first kappa shape index (κ1) is 10.4. The molecular weight excluding hydrogens is 175 g/mol. The largest absolute Gasteiger partial charge is 0.761 e. The number of hydrogen-bond donors (Lipinski definition) is 2. The average Bonchev–Trinajstić information content (AvgIpc) is 1.33. The molecule has 2 radical (unpaired) electrons. The van der Waals surface area contributed by atoms with Crippen molar-refractivity contribution in [2.45, 2.75) is 0 Å². The van der Waals surface area contributed by atoms with Crippen LogP contribution in [-0.2, 0) is 4.46 Å². The van der Waals surface area contributed by atoms with Crippen molar-refractivity contribution < 1.29 is 14.1 Å². The highest BCUT2D eigenvalue weighted by atomic mass is 35.7. The van der Waals surface area contributed by atoms with Crippen molar-refractivity contribution >= 4 is 39.5 Å². The summed E-state index contributed by atoms with van der Waals surface area (Å²) in [5, 5.41) is 0. The fourth-order valence-corrected chi connectivity index (χ4v) is 0. The summed E-state index contributed by atoms with van der Waals surface area (Å²) in [4.78, 5) is 14.3. The molecule has 2 N–H and O–H groups in total. The van der Waals surface area contributed by atoms with Gasteiger partial charge in [-0.25, -0.2) is 0 Å². The monoisotopic (exact) mass is 176 g/mol. The lowest BCUT2D eigenvalue weighted by Crippen LogP contribution is -1.90. The molecule has 3 nitrogen and oxygen atoms in total. The Morgan fingerprint density at radius 1 is 1.43 bits per heavy atom. The Morgan fingerprint density at radius 2 is 1.43 bits per heavy atom. The van der Waals surface area contributed by atoms with Gasteiger partial charge in [-0.1, -0.05) is 0 Å². The number of rotatable bonds is 0. The van der Waals surface area contributed by atoms with E-state index in [1.165, 1.54) is 0 Å². The van der Waals surface area contributed by atoms with Gasteiger partial charge < -0.3 is 9.59 Å². The van der Waals surface area contributed by atoms with Crippen molar-refractivity contribution in [2.24, 2.45) is 0 Å². The second-order valence-corrected chi connectivity index (χ2v) is 2.78. The lowest BCUT2D eigenvalue weighted by molar-refractivity contribution is 0.330. The number of halogens is 2. The molecule has 0 saturated heterocycles. The van der Waals surface area contributed by atoms with Crippen molar-refractivity contribution in [1.82, 2.24) is 0 Å². The summed E-state index contributed by atoms with van der Waals surface area (Å²) in [5.74, 6) is 0. The van der Waals surface area contributed by atoms with E-state index in [0.29, 0.717) is 0 Å². The zero-order valence-corrected chi connectivity index (χ0v) is 6.57. The van der Waals surface area contributed by atoms with Crippen LogP contribution in [0.2, 0.25) is 0 Å². The highest BCUT2D eigenvalue weighted by Gasteiger charge is 1.85. The van der Waals surface area contributed by atoms with Crippen LogP contribution in [0.3, 0.4) is 0 Å². The van der Waals surface area contributed by atoms with Crippen LogP contribution in [0.5, 0.6) is 0 Å². The second kappa shape index (κ2) is 9.65. The van der Waals surface area contributed by atoms with E-state index in [0.717, 1.165) is 0 Å². The Kier molecular flexibility index (Phi) is 14.3. The van der Waals surface area contributed by atoms with Gasteiger partial charge in [0.25, 0.3) is 8.14 Å². The first-order valence-corrected chi connectivity index (χ1v) is 5.36. The molecule has 0 aromatic rings. The zero-order chi connectivity index (χ0) is 6.28. The Morgan fingerprint density at radius 3 is 1.43 bits per heavy atom. The van der Waals surface area contributed by atoms with Gasteiger partial charge in [0.05, 0.1) is 0 Å². The van der Waals surface area contributed by atoms with Gasteiger partial charge >= 0.3 is 9.17 Å². The number of hydrogen-bond acceptors (Lipinski definition) is 1. The van der Waals surface area contributed by atoms with Crippen molar-refractivity contribution in [3.8, 4) is 0 Å². The molecule has 0 saturated carbocycles. The molecule has 0 unspecified atom stereocenters. The molecule has 0 aliphatic rings. The van der Waals surface area contributed by atoms with Gasteiger partial charge in [-0.15, -0.1) is 22.2 Å². The van der Waals surface area contributed by atoms with E-state index < -0.39 is 9.17 Å². The molecule has 0 aromatic carbocycles. The van der Waals surface area contributed by atoms with Crippen molar-refractivity contribution in [3.63, 3.8) is 0 Å². The fourth-order valence-electron chi connectivity index (χ4n) is 0. The minimum absolute atomic E-state index is 0.0278. The fraction of sp³-hybridized carbons (Fsp3) is 0. The van der Waals surface area contributed by atoms with Gasteiger partial charge in [0.15, 0.2) is 0 Å². The Bertz CT molecular complexity index is 42.2. The van der Waals surface area contributed by atoms with Crippen molar-refractivity contribution in [3.05, 3.63) is 0 Å². The molecule has 42 valence electrons. The topological polar surface area (TPSA) is 57.5 Å². The summed E-state index contributed by atoms with van der Waals surface area (Å²) in [6.45, 7) is 0. The van der Waals surface area contributed by atoms with E-state index in [-0.39, 0.29) is 8.14 Å². The smallest absolute Gasteiger partial charge is 0.511 e. The molecule has 0 fully saturated rings. The minimum atomic E-state index is -3.13. The van der Waals surface area contributed by atoms with Crippen LogP contribution in [0.25, 0.3) is 0 Å². The summed E-state index contributed by atoms with van der Waals surface area (Å²) in [5.41, 5.74) is 0. The first-order chi connectivity index (χ1) is 3.15. The van der Waals surface area contributed by atoms with Crippen LogP contribution in [-0.4, -0.2) is 26.9 Å². The molecule has 7 heavy (non-hydrogen) atoms. The van der Waals surface area contributed by atoms with E-state index in [2.05, 4.69) is 0 Å². The SMILES string of the molecule is Cl[Si]Cl.O=[Si](O)O. The van der Waals surface area contributed by atoms with Crippen molar-refractivity contribution in [1.29, 1.82) is 0 Å². The molecule has 0 amide bonds. The van der Waals surface area contributed by atoms with Gasteiger partial charge in [0.1, 0.15) is 0 Å². The van der Waals surface area contributed by atoms with Gasteiger partial charge in [0.2, 0.25) is 0 Å². The summed E-state index contributed by atoms with van der Waals surface area (Å²) in [6, 6.07) is 0. The predicted octanol–water partition coefficient (Wildman–Crippen LogP) is -0.615. The summed E-state index contributed by atoms with van der Waals surface area (Å²) in [7, 11) is -3.10. The maximum absolute atomic E-state index is 8.74. The zero-order valence-electron chi connectivity index (χ0n) is 3.06. The molecule has 0 spiro atoms. The summed E-state index contributed by atoms with van der Waals surface area (Å²) in [6.07, 6.45) is 0. The second-order valence-electron chi connectivity index (χ2n) is 0.354. The maximum atomic E-state index is 8.74. The van der Waals surface area contributed by atoms with Crippen molar-refractivity contribution in [2.75, 3.05) is 0 Å². The van der Waals surface area contributed by atoms with Crippen LogP contribution < -0.4 is 0 Å². The van der Waals surface area contributed by atoms with E-state index in [4.69, 9.17) is 36.2 Å². The standard InChI is InChI=1S/Cl2Si.H2O3Si/c1-3-2;1-4(2)3/h;1-2H. The highest BCUT2D eigenvalue weighted by molar-refractivity contribution is 7.22. The third kappa shape index (κ3) is 730. The third-order valence-electron chi connectivity index (χ3n) is 0. The molecule has 0 aromatic heterocycles. The van der Waals surface area contributed by atoms with E-state index in [1.54, 1.807) is 0 Å². The minimum Gasteiger partial charge on any atom is -0.511 e. The quantitative estimate of drug-likeness (QED) is 0.383.